The highest BCUT2D eigenvalue weighted by atomic mass is 16.1. The fourth-order valence-electron chi connectivity index (χ4n) is 7.24. The van der Waals surface area contributed by atoms with Crippen molar-refractivity contribution in [3.63, 3.8) is 0 Å². The summed E-state index contributed by atoms with van der Waals surface area (Å²) < 4.78 is 0. The Balaban J connectivity index is 1.39. The molecule has 2 aliphatic rings. The number of nitrogens with zero attached hydrogens (tertiary/aromatic N) is 7. The lowest BCUT2D eigenvalue weighted by Crippen LogP contribution is -2.45. The molecule has 1 aliphatic heterocycles. The monoisotopic (exact) mass is 623 g/mol. The van der Waals surface area contributed by atoms with Crippen molar-refractivity contribution in [3.8, 4) is 11.1 Å². The molecule has 2 N–H and O–H groups in total. The minimum atomic E-state index is -0.0605. The molecule has 4 heterocycles. The number of pyridine rings is 2. The second kappa shape index (κ2) is 13.8. The van der Waals surface area contributed by atoms with Crippen LogP contribution < -0.4 is 20.7 Å². The Hall–Kier alpha value is -4.02. The number of nitrogens with one attached hydrogen (secondary N) is 2. The predicted octanol–water partition coefficient (Wildman–Crippen LogP) is 5.06. The van der Waals surface area contributed by atoms with Crippen LogP contribution in [0.1, 0.15) is 49.4 Å². The number of likely N-dealkylation sites (N-methyl/N-ethyl adjacent to an activating group) is 1. The molecule has 0 spiro atoms. The SMILES string of the molecule is CCN(c1cc(-c2cnc(N3CCN(C)CC3)nc2)cc2c(NCc3c(C)cc(C)[nH]c3=O)nccc12)C1CCC(N(C)C)CC1. The fraction of sp³-hybridized carbons (Fsp3) is 0.500. The number of aromatic amines is 1. The van der Waals surface area contributed by atoms with E-state index in [4.69, 9.17) is 15.0 Å². The van der Waals surface area contributed by atoms with Crippen LogP contribution >= 0.6 is 0 Å². The average molecular weight is 624 g/mol. The number of fused-ring (bicyclic) bond motifs is 1. The molecule has 3 aromatic heterocycles. The number of piperazine rings is 1. The molecule has 1 saturated heterocycles. The molecule has 2 fully saturated rings. The van der Waals surface area contributed by atoms with Crippen molar-refractivity contribution in [3.05, 3.63) is 70.0 Å². The summed E-state index contributed by atoms with van der Waals surface area (Å²) >= 11 is 0. The molecule has 0 radical (unpaired) electrons. The van der Waals surface area contributed by atoms with Gasteiger partial charge in [0, 0.05) is 103 Å². The van der Waals surface area contributed by atoms with Gasteiger partial charge >= 0.3 is 0 Å². The van der Waals surface area contributed by atoms with E-state index >= 15 is 0 Å². The van der Waals surface area contributed by atoms with Gasteiger partial charge in [-0.2, -0.15) is 0 Å². The molecule has 0 unspecified atom stereocenters. The maximum atomic E-state index is 12.8. The first-order valence-corrected chi connectivity index (χ1v) is 16.8. The normalized spacial score (nSPS) is 19.2. The molecule has 6 rings (SSSR count). The van der Waals surface area contributed by atoms with Gasteiger partial charge in [-0.15, -0.1) is 0 Å². The summed E-state index contributed by atoms with van der Waals surface area (Å²) in [6.07, 6.45) is 10.5. The van der Waals surface area contributed by atoms with Gasteiger partial charge in [-0.3, -0.25) is 4.79 Å². The predicted molar refractivity (Wildman–Crippen MR) is 189 cm³/mol. The second-order valence-corrected chi connectivity index (χ2v) is 13.3. The largest absolute Gasteiger partial charge is 0.368 e. The lowest BCUT2D eigenvalue weighted by Gasteiger charge is -2.40. The first kappa shape index (κ1) is 31.9. The summed E-state index contributed by atoms with van der Waals surface area (Å²) in [4.78, 5) is 39.8. The molecular weight excluding hydrogens is 574 g/mol. The maximum absolute atomic E-state index is 12.8. The van der Waals surface area contributed by atoms with E-state index in [-0.39, 0.29) is 5.56 Å². The van der Waals surface area contributed by atoms with Crippen LogP contribution in [-0.4, -0.2) is 95.7 Å². The number of aryl methyl sites for hydroxylation is 2. The standard InChI is InChI=1S/C36H49N9O/c1-7-45(29-10-8-28(9-11-29)42(4)5)33-20-26(27-21-39-36(40-22-27)44-16-14-43(6)15-17-44)19-31-30(33)12-13-37-34(31)38-23-32-24(2)18-25(3)41-35(32)46/h12-13,18-22,28-29H,7-11,14-17,23H2,1-6H3,(H,37,38)(H,41,46). The number of rotatable bonds is 9. The van der Waals surface area contributed by atoms with Crippen LogP contribution in [0.15, 0.2) is 47.7 Å². The van der Waals surface area contributed by atoms with Crippen molar-refractivity contribution < 1.29 is 0 Å². The van der Waals surface area contributed by atoms with Gasteiger partial charge in [0.2, 0.25) is 5.95 Å². The van der Waals surface area contributed by atoms with E-state index < -0.39 is 0 Å². The van der Waals surface area contributed by atoms with Crippen molar-refractivity contribution >= 4 is 28.2 Å². The van der Waals surface area contributed by atoms with E-state index in [0.717, 1.165) is 96.1 Å². The summed E-state index contributed by atoms with van der Waals surface area (Å²) in [6.45, 7) is 11.4. The Kier molecular flexibility index (Phi) is 9.56. The van der Waals surface area contributed by atoms with Crippen LogP contribution in [0.25, 0.3) is 21.9 Å². The Morgan fingerprint density at radius 2 is 1.61 bits per heavy atom. The summed E-state index contributed by atoms with van der Waals surface area (Å²) in [6, 6.07) is 9.77. The molecule has 1 saturated carbocycles. The quantitative estimate of drug-likeness (QED) is 0.265. The maximum Gasteiger partial charge on any atom is 0.253 e. The third-order valence-corrected chi connectivity index (χ3v) is 10.0. The van der Waals surface area contributed by atoms with Gasteiger partial charge in [-0.1, -0.05) is 0 Å². The highest BCUT2D eigenvalue weighted by Crippen LogP contribution is 2.39. The molecule has 0 bridgehead atoms. The van der Waals surface area contributed by atoms with E-state index in [9.17, 15) is 4.79 Å². The van der Waals surface area contributed by atoms with Crippen LogP contribution in [-0.2, 0) is 6.54 Å². The van der Waals surface area contributed by atoms with Crippen LogP contribution in [0, 0.1) is 13.8 Å². The van der Waals surface area contributed by atoms with Crippen LogP contribution in [0.5, 0.6) is 0 Å². The first-order valence-electron chi connectivity index (χ1n) is 16.8. The van der Waals surface area contributed by atoms with Gasteiger partial charge in [0.1, 0.15) is 5.82 Å². The zero-order valence-electron chi connectivity index (χ0n) is 28.3. The number of H-pyrrole nitrogens is 1. The Morgan fingerprint density at radius 1 is 0.913 bits per heavy atom. The molecule has 0 amide bonds. The van der Waals surface area contributed by atoms with Gasteiger partial charge in [0.15, 0.2) is 0 Å². The summed E-state index contributed by atoms with van der Waals surface area (Å²) in [5.41, 5.74) is 5.75. The molecule has 46 heavy (non-hydrogen) atoms. The van der Waals surface area contributed by atoms with Gasteiger partial charge in [-0.05, 0) is 103 Å². The molecule has 10 nitrogen and oxygen atoms in total. The van der Waals surface area contributed by atoms with Crippen LogP contribution in [0.2, 0.25) is 0 Å². The van der Waals surface area contributed by atoms with E-state index in [1.165, 1.54) is 18.5 Å². The topological polar surface area (TPSA) is 96.5 Å². The molecule has 244 valence electrons. The van der Waals surface area contributed by atoms with Crippen LogP contribution in [0.3, 0.4) is 0 Å². The van der Waals surface area contributed by atoms with Crippen molar-refractivity contribution in [2.24, 2.45) is 0 Å². The average Bonchev–Trinajstić information content (AvgIpc) is 3.05. The Bertz CT molecular complexity index is 1700. The van der Waals surface area contributed by atoms with Gasteiger partial charge in [0.05, 0.1) is 0 Å². The highest BCUT2D eigenvalue weighted by Gasteiger charge is 2.28. The molecule has 10 heteroatoms. The van der Waals surface area contributed by atoms with Gasteiger partial charge < -0.3 is 29.9 Å². The number of anilines is 3. The molecular formula is C36H49N9O. The van der Waals surface area contributed by atoms with Gasteiger partial charge in [-0.25, -0.2) is 15.0 Å². The summed E-state index contributed by atoms with van der Waals surface area (Å²) in [5.74, 6) is 1.55. The molecule has 1 aromatic carbocycles. The van der Waals surface area contributed by atoms with Crippen LogP contribution in [0.4, 0.5) is 17.5 Å². The Morgan fingerprint density at radius 3 is 2.26 bits per heavy atom. The molecule has 4 aromatic rings. The van der Waals surface area contributed by atoms with Crippen molar-refractivity contribution in [1.29, 1.82) is 0 Å². The van der Waals surface area contributed by atoms with E-state index in [2.05, 4.69) is 76.2 Å². The van der Waals surface area contributed by atoms with Crippen molar-refractivity contribution in [1.82, 2.24) is 29.7 Å². The molecule has 0 atom stereocenters. The third-order valence-electron chi connectivity index (χ3n) is 10.0. The van der Waals surface area contributed by atoms with E-state index in [1.54, 1.807) is 0 Å². The minimum Gasteiger partial charge on any atom is -0.368 e. The zero-order chi connectivity index (χ0) is 32.4. The number of hydrogen-bond acceptors (Lipinski definition) is 9. The first-order chi connectivity index (χ1) is 22.2. The van der Waals surface area contributed by atoms with E-state index in [0.29, 0.717) is 18.6 Å². The lowest BCUT2D eigenvalue weighted by atomic mass is 9.88. The number of aromatic nitrogens is 4. The Labute approximate surface area is 272 Å². The summed E-state index contributed by atoms with van der Waals surface area (Å²) in [7, 11) is 6.55. The zero-order valence-corrected chi connectivity index (χ0v) is 28.3. The summed E-state index contributed by atoms with van der Waals surface area (Å²) in [5, 5.41) is 5.71. The van der Waals surface area contributed by atoms with E-state index in [1.807, 2.05) is 38.5 Å². The van der Waals surface area contributed by atoms with Crippen molar-refractivity contribution in [2.45, 2.75) is 65.1 Å². The number of benzene rings is 1. The fourth-order valence-corrected chi connectivity index (χ4v) is 7.24. The molecule has 1 aliphatic carbocycles. The van der Waals surface area contributed by atoms with Crippen molar-refractivity contribution in [2.75, 3.05) is 69.0 Å². The third kappa shape index (κ3) is 6.73. The highest BCUT2D eigenvalue weighted by molar-refractivity contribution is 6.03. The lowest BCUT2D eigenvalue weighted by molar-refractivity contribution is 0.214. The second-order valence-electron chi connectivity index (χ2n) is 13.3. The smallest absolute Gasteiger partial charge is 0.253 e. The van der Waals surface area contributed by atoms with Gasteiger partial charge in [0.25, 0.3) is 5.56 Å². The minimum absolute atomic E-state index is 0.0605. The number of hydrogen-bond donors (Lipinski definition) is 2.